The Morgan fingerprint density at radius 3 is 2.15 bits per heavy atom. The molecule has 0 heterocycles. The van der Waals surface area contributed by atoms with Gasteiger partial charge >= 0.3 is 0 Å². The molecule has 2 aliphatic carbocycles. The third kappa shape index (κ3) is 4.04. The molecule has 4 nitrogen and oxygen atoms in total. The summed E-state index contributed by atoms with van der Waals surface area (Å²) in [6, 6.07) is 8.74. The van der Waals surface area contributed by atoms with Crippen LogP contribution in [0.25, 0.3) is 0 Å². The second kappa shape index (κ2) is 5.84. The minimum absolute atomic E-state index is 0.0832. The Bertz CT molecular complexity index is 546. The van der Waals surface area contributed by atoms with Crippen molar-refractivity contribution in [3.63, 3.8) is 0 Å². The number of sulfonamides is 1. The van der Waals surface area contributed by atoms with Crippen molar-refractivity contribution in [1.82, 2.24) is 10.0 Å². The van der Waals surface area contributed by atoms with Gasteiger partial charge in [-0.25, -0.2) is 13.1 Å². The van der Waals surface area contributed by atoms with Crippen LogP contribution >= 0.6 is 0 Å². The molecule has 0 aromatic heterocycles. The summed E-state index contributed by atoms with van der Waals surface area (Å²) in [5.74, 6) is 0.0832. The largest absolute Gasteiger partial charge is 0.310 e. The summed E-state index contributed by atoms with van der Waals surface area (Å²) >= 11 is 0. The lowest BCUT2D eigenvalue weighted by Crippen LogP contribution is -2.39. The second-order valence-corrected chi connectivity index (χ2v) is 7.73. The van der Waals surface area contributed by atoms with Crippen molar-refractivity contribution in [2.24, 2.45) is 0 Å². The summed E-state index contributed by atoms with van der Waals surface area (Å²) in [5, 5.41) is 3.45. The maximum Gasteiger partial charge on any atom is 0.216 e. The van der Waals surface area contributed by atoms with Crippen molar-refractivity contribution >= 4 is 10.0 Å². The number of rotatable bonds is 7. The van der Waals surface area contributed by atoms with Gasteiger partial charge in [-0.05, 0) is 36.8 Å². The maximum absolute atomic E-state index is 12.0. The molecule has 2 fully saturated rings. The highest BCUT2D eigenvalue weighted by atomic mass is 32.2. The minimum Gasteiger partial charge on any atom is -0.310 e. The summed E-state index contributed by atoms with van der Waals surface area (Å²) in [6.45, 7) is 0.873. The molecular formula is C15H22N2O2S. The average Bonchev–Trinajstić information content (AvgIpc) is 3.17. The maximum atomic E-state index is 12.0. The van der Waals surface area contributed by atoms with Crippen LogP contribution in [0.3, 0.4) is 0 Å². The van der Waals surface area contributed by atoms with Crippen LogP contribution in [0, 0.1) is 0 Å². The van der Waals surface area contributed by atoms with Crippen LogP contribution in [0.5, 0.6) is 0 Å². The monoisotopic (exact) mass is 294 g/mol. The van der Waals surface area contributed by atoms with Crippen molar-refractivity contribution < 1.29 is 8.42 Å². The first-order valence-corrected chi connectivity index (χ1v) is 9.07. The lowest BCUT2D eigenvalue weighted by Gasteiger charge is -2.26. The molecule has 0 aliphatic heterocycles. The van der Waals surface area contributed by atoms with Gasteiger partial charge in [0.1, 0.15) is 0 Å². The summed E-state index contributed by atoms with van der Waals surface area (Å²) < 4.78 is 26.7. The standard InChI is InChI=1S/C15H22N2O2S/c18-20(19,17-15-2-1-3-15)11-13-6-4-12(5-7-13)10-16-14-8-9-14/h4-7,14-17H,1-3,8-11H2. The van der Waals surface area contributed by atoms with Gasteiger partial charge in [-0.15, -0.1) is 0 Å². The van der Waals surface area contributed by atoms with E-state index in [2.05, 4.69) is 10.0 Å². The van der Waals surface area contributed by atoms with Crippen LogP contribution in [-0.4, -0.2) is 20.5 Å². The van der Waals surface area contributed by atoms with E-state index in [9.17, 15) is 8.42 Å². The predicted octanol–water partition coefficient (Wildman–Crippen LogP) is 1.91. The van der Waals surface area contributed by atoms with Crippen LogP contribution in [0.1, 0.15) is 43.2 Å². The number of benzene rings is 1. The van der Waals surface area contributed by atoms with Crippen LogP contribution in [0.15, 0.2) is 24.3 Å². The molecule has 0 spiro atoms. The van der Waals surface area contributed by atoms with E-state index in [0.717, 1.165) is 31.4 Å². The molecule has 2 aliphatic rings. The average molecular weight is 294 g/mol. The van der Waals surface area contributed by atoms with E-state index in [1.807, 2.05) is 24.3 Å². The predicted molar refractivity (Wildman–Crippen MR) is 79.7 cm³/mol. The molecule has 0 saturated heterocycles. The quantitative estimate of drug-likeness (QED) is 0.807. The van der Waals surface area contributed by atoms with E-state index in [-0.39, 0.29) is 11.8 Å². The zero-order chi connectivity index (χ0) is 14.0. The van der Waals surface area contributed by atoms with Crippen molar-refractivity contribution in [2.45, 2.75) is 56.5 Å². The first kappa shape index (κ1) is 14.0. The van der Waals surface area contributed by atoms with Gasteiger partial charge < -0.3 is 5.32 Å². The third-order valence-electron chi connectivity index (χ3n) is 4.00. The van der Waals surface area contributed by atoms with E-state index in [1.54, 1.807) is 0 Å². The second-order valence-electron chi connectivity index (χ2n) is 5.98. The Labute approximate surface area is 121 Å². The van der Waals surface area contributed by atoms with Crippen molar-refractivity contribution in [2.75, 3.05) is 0 Å². The molecule has 5 heteroatoms. The molecule has 3 rings (SSSR count). The topological polar surface area (TPSA) is 58.2 Å². The van der Waals surface area contributed by atoms with E-state index in [0.29, 0.717) is 6.04 Å². The van der Waals surface area contributed by atoms with E-state index < -0.39 is 10.0 Å². The number of hydrogen-bond donors (Lipinski definition) is 2. The summed E-state index contributed by atoms with van der Waals surface area (Å²) in [5.41, 5.74) is 2.07. The molecule has 1 aromatic carbocycles. The summed E-state index contributed by atoms with van der Waals surface area (Å²) in [6.07, 6.45) is 5.65. The lowest BCUT2D eigenvalue weighted by atomic mass is 9.94. The molecule has 2 N–H and O–H groups in total. The van der Waals surface area contributed by atoms with Gasteiger partial charge in [0, 0.05) is 18.6 Å². The molecule has 0 amide bonds. The van der Waals surface area contributed by atoms with Gasteiger partial charge in [0.2, 0.25) is 10.0 Å². The third-order valence-corrected chi connectivity index (χ3v) is 5.41. The Kier molecular flexibility index (Phi) is 4.10. The molecule has 1 aromatic rings. The zero-order valence-corrected chi connectivity index (χ0v) is 12.5. The molecule has 2 saturated carbocycles. The van der Waals surface area contributed by atoms with E-state index in [1.165, 1.54) is 18.4 Å². The van der Waals surface area contributed by atoms with Crippen LogP contribution in [0.4, 0.5) is 0 Å². The summed E-state index contributed by atoms with van der Waals surface area (Å²) in [4.78, 5) is 0. The number of nitrogens with one attached hydrogen (secondary N) is 2. The molecule has 20 heavy (non-hydrogen) atoms. The van der Waals surface area contributed by atoms with Gasteiger partial charge in [0.25, 0.3) is 0 Å². The van der Waals surface area contributed by atoms with Gasteiger partial charge in [-0.3, -0.25) is 0 Å². The highest BCUT2D eigenvalue weighted by Gasteiger charge is 2.23. The highest BCUT2D eigenvalue weighted by molar-refractivity contribution is 7.88. The van der Waals surface area contributed by atoms with E-state index >= 15 is 0 Å². The van der Waals surface area contributed by atoms with Gasteiger partial charge in [-0.1, -0.05) is 30.7 Å². The first-order chi connectivity index (χ1) is 9.61. The zero-order valence-electron chi connectivity index (χ0n) is 11.6. The Balaban J connectivity index is 1.53. The van der Waals surface area contributed by atoms with Crippen molar-refractivity contribution in [3.8, 4) is 0 Å². The van der Waals surface area contributed by atoms with Crippen molar-refractivity contribution in [3.05, 3.63) is 35.4 Å². The Morgan fingerprint density at radius 2 is 1.60 bits per heavy atom. The molecule has 110 valence electrons. The first-order valence-electron chi connectivity index (χ1n) is 7.42. The fourth-order valence-electron chi connectivity index (χ4n) is 2.34. The number of hydrogen-bond acceptors (Lipinski definition) is 3. The van der Waals surface area contributed by atoms with Gasteiger partial charge in [-0.2, -0.15) is 0 Å². The molecule has 0 bridgehead atoms. The van der Waals surface area contributed by atoms with Crippen molar-refractivity contribution in [1.29, 1.82) is 0 Å². The minimum atomic E-state index is -3.19. The smallest absolute Gasteiger partial charge is 0.216 e. The molecular weight excluding hydrogens is 272 g/mol. The fraction of sp³-hybridized carbons (Fsp3) is 0.600. The highest BCUT2D eigenvalue weighted by Crippen LogP contribution is 2.20. The Morgan fingerprint density at radius 1 is 0.950 bits per heavy atom. The molecule has 0 radical (unpaired) electrons. The normalized spacial score (nSPS) is 19.8. The molecule has 0 unspecified atom stereocenters. The van der Waals surface area contributed by atoms with Gasteiger partial charge in [0.05, 0.1) is 5.75 Å². The van der Waals surface area contributed by atoms with Gasteiger partial charge in [0.15, 0.2) is 0 Å². The van der Waals surface area contributed by atoms with Crippen LogP contribution < -0.4 is 10.0 Å². The van der Waals surface area contributed by atoms with Crippen LogP contribution in [0.2, 0.25) is 0 Å². The van der Waals surface area contributed by atoms with E-state index in [4.69, 9.17) is 0 Å². The Hall–Kier alpha value is -0.910. The van der Waals surface area contributed by atoms with Crippen LogP contribution in [-0.2, 0) is 22.3 Å². The lowest BCUT2D eigenvalue weighted by molar-refractivity contribution is 0.383. The molecule has 0 atom stereocenters. The summed E-state index contributed by atoms with van der Waals surface area (Å²) in [7, 11) is -3.19. The fourth-order valence-corrected chi connectivity index (χ4v) is 3.80. The SMILES string of the molecule is O=S(=O)(Cc1ccc(CNC2CC2)cc1)NC1CCC1.